The van der Waals surface area contributed by atoms with Crippen LogP contribution in [0.1, 0.15) is 27.0 Å². The van der Waals surface area contributed by atoms with Gasteiger partial charge in [0.15, 0.2) is 0 Å². The zero-order valence-corrected chi connectivity index (χ0v) is 22.7. The monoisotopic (exact) mass is 592 g/mol. The quantitative estimate of drug-likeness (QED) is 0.236. The lowest BCUT2D eigenvalue weighted by atomic mass is 10.1. The Morgan fingerprint density at radius 3 is 2.21 bits per heavy atom. The highest BCUT2D eigenvalue weighted by Crippen LogP contribution is 2.34. The lowest BCUT2D eigenvalue weighted by Crippen LogP contribution is -2.31. The number of benzene rings is 4. The number of nitrogens with zero attached hydrogens (tertiary/aromatic N) is 1. The summed E-state index contributed by atoms with van der Waals surface area (Å²) in [6.07, 6.45) is -4.60. The van der Waals surface area contributed by atoms with E-state index in [9.17, 15) is 26.4 Å². The molecule has 0 aliphatic carbocycles. The number of carbonyl (C=O) groups excluding carboxylic acids is 1. The van der Waals surface area contributed by atoms with Crippen molar-refractivity contribution in [2.75, 3.05) is 9.62 Å². The smallest absolute Gasteiger partial charge is 0.321 e. The van der Waals surface area contributed by atoms with Crippen molar-refractivity contribution in [1.29, 1.82) is 0 Å². The van der Waals surface area contributed by atoms with E-state index >= 15 is 0 Å². The zero-order chi connectivity index (χ0) is 28.4. The van der Waals surface area contributed by atoms with Crippen molar-refractivity contribution >= 4 is 50.5 Å². The van der Waals surface area contributed by atoms with Crippen LogP contribution in [-0.2, 0) is 22.7 Å². The summed E-state index contributed by atoms with van der Waals surface area (Å²) in [5.41, 5.74) is 0.650. The van der Waals surface area contributed by atoms with Crippen LogP contribution in [0.3, 0.4) is 0 Å². The van der Waals surface area contributed by atoms with E-state index in [-0.39, 0.29) is 27.7 Å². The molecule has 0 radical (unpaired) electrons. The first-order valence-corrected chi connectivity index (χ1v) is 13.7. The van der Waals surface area contributed by atoms with Gasteiger partial charge in [0.05, 0.1) is 33.4 Å². The largest absolute Gasteiger partial charge is 0.416 e. The lowest BCUT2D eigenvalue weighted by Gasteiger charge is -2.26. The molecule has 1 amide bonds. The lowest BCUT2D eigenvalue weighted by molar-refractivity contribution is -0.137. The molecule has 202 valence electrons. The zero-order valence-electron chi connectivity index (χ0n) is 20.3. The summed E-state index contributed by atoms with van der Waals surface area (Å²) in [6, 6.07) is 21.6. The molecule has 0 atom stereocenters. The second kappa shape index (κ2) is 11.3. The number of sulfonamides is 1. The van der Waals surface area contributed by atoms with Crippen molar-refractivity contribution in [2.45, 2.75) is 24.5 Å². The Kier molecular flexibility index (Phi) is 8.25. The highest BCUT2D eigenvalue weighted by atomic mass is 35.5. The molecule has 0 heterocycles. The van der Waals surface area contributed by atoms with E-state index in [1.54, 1.807) is 55.5 Å². The van der Waals surface area contributed by atoms with Gasteiger partial charge in [0.1, 0.15) is 0 Å². The fourth-order valence-corrected chi connectivity index (χ4v) is 5.65. The molecule has 4 aromatic rings. The molecule has 0 bridgehead atoms. The Morgan fingerprint density at radius 1 is 0.897 bits per heavy atom. The third kappa shape index (κ3) is 6.55. The Hall–Kier alpha value is -3.53. The summed E-state index contributed by atoms with van der Waals surface area (Å²) >= 11 is 12.2. The molecule has 4 rings (SSSR count). The molecule has 0 spiro atoms. The molecule has 0 fully saturated rings. The highest BCUT2D eigenvalue weighted by Gasteiger charge is 2.31. The minimum Gasteiger partial charge on any atom is -0.321 e. The molecule has 0 aliphatic heterocycles. The van der Waals surface area contributed by atoms with Crippen LogP contribution in [0, 0.1) is 6.92 Å². The van der Waals surface area contributed by atoms with Gasteiger partial charge in [-0.25, -0.2) is 8.42 Å². The van der Waals surface area contributed by atoms with Gasteiger partial charge in [0.25, 0.3) is 15.9 Å². The van der Waals surface area contributed by atoms with E-state index in [0.717, 1.165) is 18.2 Å². The standard InChI is InChI=1S/C28H21Cl2F3N2O3S/c1-18-7-13-22(29)16-26(18)35(39(37,38)23-5-3-2-4-6-23)17-19-8-10-20(11-9-19)27(36)34-25-15-21(28(31,32)33)12-14-24(25)30/h2-16H,17H2,1H3,(H,34,36). The molecule has 0 unspecified atom stereocenters. The number of aryl methyl sites for hydroxylation is 1. The predicted molar refractivity (Wildman–Crippen MR) is 147 cm³/mol. The Labute approximate surface area is 233 Å². The minimum atomic E-state index is -4.60. The van der Waals surface area contributed by atoms with Gasteiger partial charge in [-0.05, 0) is 72.6 Å². The molecule has 39 heavy (non-hydrogen) atoms. The van der Waals surface area contributed by atoms with Crippen molar-refractivity contribution in [3.8, 4) is 0 Å². The molecular formula is C28H21Cl2F3N2O3S. The summed E-state index contributed by atoms with van der Waals surface area (Å²) in [7, 11) is -3.99. The van der Waals surface area contributed by atoms with Gasteiger partial charge in [-0.15, -0.1) is 0 Å². The Balaban J connectivity index is 1.62. The van der Waals surface area contributed by atoms with Crippen LogP contribution in [0.15, 0.2) is 95.9 Å². The van der Waals surface area contributed by atoms with E-state index < -0.39 is 27.7 Å². The molecule has 0 saturated carbocycles. The first-order chi connectivity index (χ1) is 18.4. The average molecular weight is 593 g/mol. The summed E-state index contributed by atoms with van der Waals surface area (Å²) in [4.78, 5) is 12.8. The van der Waals surface area contributed by atoms with E-state index in [1.165, 1.54) is 28.6 Å². The number of anilines is 2. The van der Waals surface area contributed by atoms with Gasteiger partial charge in [-0.2, -0.15) is 13.2 Å². The molecule has 0 saturated heterocycles. The second-order valence-electron chi connectivity index (χ2n) is 8.60. The second-order valence-corrected chi connectivity index (χ2v) is 11.3. The van der Waals surface area contributed by atoms with Crippen molar-refractivity contribution in [2.24, 2.45) is 0 Å². The molecule has 11 heteroatoms. The molecule has 0 aliphatic rings. The van der Waals surface area contributed by atoms with Crippen molar-refractivity contribution in [3.63, 3.8) is 0 Å². The maximum absolute atomic E-state index is 13.6. The van der Waals surface area contributed by atoms with Crippen LogP contribution in [-0.4, -0.2) is 14.3 Å². The van der Waals surface area contributed by atoms with E-state index in [0.29, 0.717) is 21.8 Å². The fraction of sp³-hybridized carbons (Fsp3) is 0.107. The molecule has 1 N–H and O–H groups in total. The van der Waals surface area contributed by atoms with E-state index in [4.69, 9.17) is 23.2 Å². The fourth-order valence-electron chi connectivity index (χ4n) is 3.79. The number of hydrogen-bond donors (Lipinski definition) is 1. The van der Waals surface area contributed by atoms with Gasteiger partial charge < -0.3 is 5.32 Å². The first kappa shape index (κ1) is 28.5. The average Bonchev–Trinajstić information content (AvgIpc) is 2.90. The van der Waals surface area contributed by atoms with Gasteiger partial charge in [-0.3, -0.25) is 9.10 Å². The van der Waals surface area contributed by atoms with Crippen LogP contribution in [0.5, 0.6) is 0 Å². The van der Waals surface area contributed by atoms with Crippen LogP contribution in [0.4, 0.5) is 24.5 Å². The number of carbonyl (C=O) groups is 1. The number of hydrogen-bond acceptors (Lipinski definition) is 3. The highest BCUT2D eigenvalue weighted by molar-refractivity contribution is 7.92. The van der Waals surface area contributed by atoms with Gasteiger partial charge in [0, 0.05) is 10.6 Å². The van der Waals surface area contributed by atoms with Gasteiger partial charge in [-0.1, -0.05) is 59.6 Å². The van der Waals surface area contributed by atoms with Crippen molar-refractivity contribution in [3.05, 3.63) is 123 Å². The third-order valence-electron chi connectivity index (χ3n) is 5.86. The van der Waals surface area contributed by atoms with Crippen LogP contribution < -0.4 is 9.62 Å². The number of nitrogens with one attached hydrogen (secondary N) is 1. The minimum absolute atomic E-state index is 0.0494. The van der Waals surface area contributed by atoms with Gasteiger partial charge >= 0.3 is 6.18 Å². The van der Waals surface area contributed by atoms with Crippen LogP contribution in [0.25, 0.3) is 0 Å². The normalized spacial score (nSPS) is 11.7. The molecule has 5 nitrogen and oxygen atoms in total. The maximum Gasteiger partial charge on any atom is 0.416 e. The van der Waals surface area contributed by atoms with Crippen LogP contribution >= 0.6 is 23.2 Å². The molecule has 4 aromatic carbocycles. The van der Waals surface area contributed by atoms with Crippen molar-refractivity contribution < 1.29 is 26.4 Å². The summed E-state index contributed by atoms with van der Waals surface area (Å²) in [6.45, 7) is 1.70. The predicted octanol–water partition coefficient (Wildman–Crippen LogP) is 7.97. The number of halogens is 5. The summed E-state index contributed by atoms with van der Waals surface area (Å²) < 4.78 is 67.7. The number of alkyl halides is 3. The Morgan fingerprint density at radius 2 is 1.56 bits per heavy atom. The third-order valence-corrected chi connectivity index (χ3v) is 8.19. The Bertz CT molecular complexity index is 1610. The molecular weight excluding hydrogens is 572 g/mol. The number of rotatable bonds is 7. The maximum atomic E-state index is 13.6. The first-order valence-electron chi connectivity index (χ1n) is 11.5. The summed E-state index contributed by atoms with van der Waals surface area (Å²) in [5.74, 6) is -0.678. The van der Waals surface area contributed by atoms with E-state index in [1.807, 2.05) is 0 Å². The SMILES string of the molecule is Cc1ccc(Cl)cc1N(Cc1ccc(C(=O)Nc2cc(C(F)(F)F)ccc2Cl)cc1)S(=O)(=O)c1ccccc1. The van der Waals surface area contributed by atoms with Crippen molar-refractivity contribution in [1.82, 2.24) is 0 Å². The molecule has 0 aromatic heterocycles. The topological polar surface area (TPSA) is 66.5 Å². The van der Waals surface area contributed by atoms with Crippen LogP contribution in [0.2, 0.25) is 10.0 Å². The summed E-state index contributed by atoms with van der Waals surface area (Å²) in [5, 5.41) is 2.71. The number of amides is 1. The van der Waals surface area contributed by atoms with Gasteiger partial charge in [0.2, 0.25) is 0 Å². The van der Waals surface area contributed by atoms with E-state index in [2.05, 4.69) is 5.32 Å².